The lowest BCUT2D eigenvalue weighted by atomic mass is 9.99. The molecule has 0 radical (unpaired) electrons. The van der Waals surface area contributed by atoms with E-state index in [9.17, 15) is 4.79 Å². The lowest BCUT2D eigenvalue weighted by molar-refractivity contribution is -0.120. The summed E-state index contributed by atoms with van der Waals surface area (Å²) in [6.07, 6.45) is 3.55. The molecule has 2 rings (SSSR count). The molecule has 1 atom stereocenters. The Labute approximate surface area is 112 Å². The number of piperidine rings is 1. The van der Waals surface area contributed by atoms with E-state index in [1.807, 2.05) is 0 Å². The van der Waals surface area contributed by atoms with Crippen LogP contribution in [0.25, 0.3) is 0 Å². The molecule has 1 fully saturated rings. The van der Waals surface area contributed by atoms with Crippen molar-refractivity contribution in [3.63, 3.8) is 0 Å². The molecule has 17 heavy (non-hydrogen) atoms. The Morgan fingerprint density at radius 3 is 3.06 bits per heavy atom. The van der Waals surface area contributed by atoms with E-state index < -0.39 is 0 Å². The molecule has 2 heterocycles. The fourth-order valence-electron chi connectivity index (χ4n) is 1.78. The summed E-state index contributed by atoms with van der Waals surface area (Å²) < 4.78 is 0. The van der Waals surface area contributed by atoms with Gasteiger partial charge in [0, 0.05) is 17.8 Å². The van der Waals surface area contributed by atoms with Gasteiger partial charge in [0.05, 0.1) is 5.92 Å². The highest BCUT2D eigenvalue weighted by molar-refractivity contribution is 6.30. The van der Waals surface area contributed by atoms with E-state index in [-0.39, 0.29) is 24.2 Å². The second-order valence-electron chi connectivity index (χ2n) is 3.89. The number of carbonyl (C=O) groups is 1. The van der Waals surface area contributed by atoms with Crippen LogP contribution in [0.4, 0.5) is 5.82 Å². The Kier molecular flexibility index (Phi) is 5.68. The Hall–Kier alpha value is -0.840. The van der Waals surface area contributed by atoms with Crippen molar-refractivity contribution in [3.05, 3.63) is 23.4 Å². The van der Waals surface area contributed by atoms with Gasteiger partial charge < -0.3 is 10.6 Å². The summed E-state index contributed by atoms with van der Waals surface area (Å²) in [6.45, 7) is 1.74. The van der Waals surface area contributed by atoms with Gasteiger partial charge >= 0.3 is 0 Å². The number of rotatable bonds is 2. The van der Waals surface area contributed by atoms with Gasteiger partial charge in [-0.25, -0.2) is 4.98 Å². The van der Waals surface area contributed by atoms with Crippen LogP contribution in [0.3, 0.4) is 0 Å². The molecule has 0 spiro atoms. The van der Waals surface area contributed by atoms with Crippen molar-refractivity contribution in [2.75, 3.05) is 18.4 Å². The van der Waals surface area contributed by atoms with Crippen molar-refractivity contribution in [1.29, 1.82) is 0 Å². The van der Waals surface area contributed by atoms with Crippen LogP contribution in [0.1, 0.15) is 12.8 Å². The average molecular weight is 276 g/mol. The van der Waals surface area contributed by atoms with Crippen LogP contribution >= 0.6 is 24.0 Å². The standard InChI is InChI=1S/C11H14ClN3O.ClH/c12-9-3-5-14-10(6-9)15-11(16)8-2-1-4-13-7-8;/h3,5-6,8,13H,1-2,4,7H2,(H,14,15,16);1H/t8-;/m1./s1. The van der Waals surface area contributed by atoms with Crippen LogP contribution in [-0.2, 0) is 4.79 Å². The normalized spacial score (nSPS) is 19.2. The first-order valence-electron chi connectivity index (χ1n) is 5.39. The summed E-state index contributed by atoms with van der Waals surface area (Å²) >= 11 is 5.81. The number of hydrogen-bond acceptors (Lipinski definition) is 3. The predicted octanol–water partition coefficient (Wildman–Crippen LogP) is 2.09. The molecule has 1 aromatic heterocycles. The molecule has 1 aliphatic heterocycles. The van der Waals surface area contributed by atoms with Gasteiger partial charge in [-0.05, 0) is 31.5 Å². The number of pyridine rings is 1. The van der Waals surface area contributed by atoms with Gasteiger partial charge in [-0.2, -0.15) is 0 Å². The summed E-state index contributed by atoms with van der Waals surface area (Å²) in [5.41, 5.74) is 0. The molecule has 1 aromatic rings. The van der Waals surface area contributed by atoms with Crippen molar-refractivity contribution in [2.45, 2.75) is 12.8 Å². The molecule has 94 valence electrons. The van der Waals surface area contributed by atoms with Crippen LogP contribution < -0.4 is 10.6 Å². The van der Waals surface area contributed by atoms with Gasteiger partial charge in [-0.15, -0.1) is 12.4 Å². The SMILES string of the molecule is Cl.O=C(Nc1cc(Cl)ccn1)[C@@H]1CCCNC1. The van der Waals surface area contributed by atoms with Crippen molar-refractivity contribution in [1.82, 2.24) is 10.3 Å². The number of anilines is 1. The summed E-state index contributed by atoms with van der Waals surface area (Å²) in [7, 11) is 0. The first-order valence-corrected chi connectivity index (χ1v) is 5.76. The lowest BCUT2D eigenvalue weighted by Gasteiger charge is -2.21. The zero-order chi connectivity index (χ0) is 11.4. The fourth-order valence-corrected chi connectivity index (χ4v) is 1.94. The highest BCUT2D eigenvalue weighted by atomic mass is 35.5. The molecule has 0 aliphatic carbocycles. The van der Waals surface area contributed by atoms with Crippen molar-refractivity contribution >= 4 is 35.7 Å². The maximum Gasteiger partial charge on any atom is 0.229 e. The Morgan fingerprint density at radius 2 is 2.41 bits per heavy atom. The van der Waals surface area contributed by atoms with E-state index in [1.165, 1.54) is 0 Å². The highest BCUT2D eigenvalue weighted by Crippen LogP contribution is 2.15. The van der Waals surface area contributed by atoms with Crippen LogP contribution in [0.5, 0.6) is 0 Å². The van der Waals surface area contributed by atoms with Crippen LogP contribution in [0, 0.1) is 5.92 Å². The molecule has 0 saturated carbocycles. The number of aromatic nitrogens is 1. The molecule has 2 N–H and O–H groups in total. The Bertz CT molecular complexity index is 381. The molecule has 1 aliphatic rings. The lowest BCUT2D eigenvalue weighted by Crippen LogP contribution is -2.37. The molecular weight excluding hydrogens is 261 g/mol. The highest BCUT2D eigenvalue weighted by Gasteiger charge is 2.20. The largest absolute Gasteiger partial charge is 0.316 e. The smallest absolute Gasteiger partial charge is 0.229 e. The van der Waals surface area contributed by atoms with Crippen molar-refractivity contribution < 1.29 is 4.79 Å². The summed E-state index contributed by atoms with van der Waals surface area (Å²) in [5, 5.41) is 6.56. The zero-order valence-corrected chi connectivity index (χ0v) is 10.9. The summed E-state index contributed by atoms with van der Waals surface area (Å²) in [4.78, 5) is 15.9. The maximum atomic E-state index is 11.8. The van der Waals surface area contributed by atoms with E-state index in [4.69, 9.17) is 11.6 Å². The zero-order valence-electron chi connectivity index (χ0n) is 9.28. The van der Waals surface area contributed by atoms with Gasteiger partial charge in [0.25, 0.3) is 0 Å². The number of hydrogen-bond donors (Lipinski definition) is 2. The molecule has 1 amide bonds. The second kappa shape index (κ2) is 6.79. The Balaban J connectivity index is 0.00000144. The minimum atomic E-state index is 0. The van der Waals surface area contributed by atoms with Crippen LogP contribution in [0.15, 0.2) is 18.3 Å². The summed E-state index contributed by atoms with van der Waals surface area (Å²) in [5.74, 6) is 0.569. The van der Waals surface area contributed by atoms with Gasteiger partial charge in [0.15, 0.2) is 0 Å². The third kappa shape index (κ3) is 4.15. The first-order chi connectivity index (χ1) is 7.75. The van der Waals surface area contributed by atoms with Gasteiger partial charge in [0.2, 0.25) is 5.91 Å². The third-order valence-corrected chi connectivity index (χ3v) is 2.88. The van der Waals surface area contributed by atoms with Crippen molar-refractivity contribution in [3.8, 4) is 0 Å². The van der Waals surface area contributed by atoms with Crippen LogP contribution in [0.2, 0.25) is 5.02 Å². The summed E-state index contributed by atoms with van der Waals surface area (Å²) in [6, 6.07) is 3.33. The van der Waals surface area contributed by atoms with Gasteiger partial charge in [0.1, 0.15) is 5.82 Å². The molecule has 0 unspecified atom stereocenters. The minimum Gasteiger partial charge on any atom is -0.316 e. The van der Waals surface area contributed by atoms with E-state index in [2.05, 4.69) is 15.6 Å². The number of carbonyl (C=O) groups excluding carboxylic acids is 1. The van der Waals surface area contributed by atoms with E-state index in [1.54, 1.807) is 18.3 Å². The number of halogens is 2. The van der Waals surface area contributed by atoms with E-state index >= 15 is 0 Å². The molecular formula is C11H15Cl2N3O. The number of amides is 1. The minimum absolute atomic E-state index is 0. The Morgan fingerprint density at radius 1 is 1.59 bits per heavy atom. The number of nitrogens with one attached hydrogen (secondary N) is 2. The maximum absolute atomic E-state index is 11.8. The van der Waals surface area contributed by atoms with Crippen molar-refractivity contribution in [2.24, 2.45) is 5.92 Å². The fraction of sp³-hybridized carbons (Fsp3) is 0.455. The molecule has 0 aromatic carbocycles. The second-order valence-corrected chi connectivity index (χ2v) is 4.33. The number of nitrogens with zero attached hydrogens (tertiary/aromatic N) is 1. The van der Waals surface area contributed by atoms with E-state index in [0.717, 1.165) is 25.9 Å². The average Bonchev–Trinajstić information content (AvgIpc) is 2.30. The third-order valence-electron chi connectivity index (χ3n) is 2.64. The van der Waals surface area contributed by atoms with Gasteiger partial charge in [-0.3, -0.25) is 4.79 Å². The van der Waals surface area contributed by atoms with Gasteiger partial charge in [-0.1, -0.05) is 11.6 Å². The van der Waals surface area contributed by atoms with Crippen LogP contribution in [-0.4, -0.2) is 24.0 Å². The molecule has 6 heteroatoms. The topological polar surface area (TPSA) is 54.0 Å². The molecule has 1 saturated heterocycles. The first kappa shape index (κ1) is 14.2. The molecule has 4 nitrogen and oxygen atoms in total. The molecule has 0 bridgehead atoms. The monoisotopic (exact) mass is 275 g/mol. The van der Waals surface area contributed by atoms with E-state index in [0.29, 0.717) is 10.8 Å². The quantitative estimate of drug-likeness (QED) is 0.869. The predicted molar refractivity (Wildman–Crippen MR) is 70.7 cm³/mol.